The molecule has 1 N–H and O–H groups in total. The number of hydrogen-bond acceptors (Lipinski definition) is 3. The number of nitrogens with one attached hydrogen (secondary N) is 1. The van der Waals surface area contributed by atoms with Crippen LogP contribution in [0.15, 0.2) is 18.7 Å². The lowest BCUT2D eigenvalue weighted by molar-refractivity contribution is 0.444. The Hall–Kier alpha value is -1.62. The van der Waals surface area contributed by atoms with Crippen molar-refractivity contribution in [1.82, 2.24) is 24.6 Å². The molecule has 2 heterocycles. The zero-order valence-electron chi connectivity index (χ0n) is 11.9. The normalized spacial score (nSPS) is 21.9. The second kappa shape index (κ2) is 4.74. The molecule has 0 aliphatic heterocycles. The summed E-state index contributed by atoms with van der Waals surface area (Å²) in [4.78, 5) is 4.30. The molecule has 1 atom stereocenters. The first-order valence-corrected chi connectivity index (χ1v) is 7.58. The first-order valence-electron chi connectivity index (χ1n) is 7.58. The number of fused-ring (bicyclic) bond motifs is 1. The van der Waals surface area contributed by atoms with E-state index in [0.717, 1.165) is 13.0 Å². The summed E-state index contributed by atoms with van der Waals surface area (Å²) in [5.74, 6) is 0. The Balaban J connectivity index is 1.48. The lowest BCUT2D eigenvalue weighted by atomic mass is 9.93. The molecular weight excluding hydrogens is 250 g/mol. The molecule has 0 bridgehead atoms. The molecule has 2 aliphatic carbocycles. The summed E-state index contributed by atoms with van der Waals surface area (Å²) >= 11 is 0. The maximum absolute atomic E-state index is 4.41. The average molecular weight is 271 g/mol. The second-order valence-corrected chi connectivity index (χ2v) is 6.02. The third-order valence-electron chi connectivity index (χ3n) is 4.59. The van der Waals surface area contributed by atoms with Crippen LogP contribution in [0, 0.1) is 0 Å². The second-order valence-electron chi connectivity index (χ2n) is 6.02. The Kier molecular flexibility index (Phi) is 2.88. The van der Waals surface area contributed by atoms with E-state index in [0.29, 0.717) is 12.1 Å². The van der Waals surface area contributed by atoms with Crippen LogP contribution in [0.4, 0.5) is 0 Å². The fourth-order valence-corrected chi connectivity index (χ4v) is 3.30. The summed E-state index contributed by atoms with van der Waals surface area (Å²) in [6.07, 6.45) is 12.2. The van der Waals surface area contributed by atoms with Crippen molar-refractivity contribution in [3.05, 3.63) is 35.7 Å². The van der Waals surface area contributed by atoms with Crippen molar-refractivity contribution in [2.75, 3.05) is 0 Å². The fraction of sp³-hybridized carbons (Fsp3) is 0.600. The molecule has 0 radical (unpaired) electrons. The molecule has 0 aromatic carbocycles. The number of hydrogen-bond donors (Lipinski definition) is 1. The zero-order valence-corrected chi connectivity index (χ0v) is 11.9. The van der Waals surface area contributed by atoms with Gasteiger partial charge in [0.2, 0.25) is 0 Å². The summed E-state index contributed by atoms with van der Waals surface area (Å²) in [6, 6.07) is 1.14. The van der Waals surface area contributed by atoms with Gasteiger partial charge < -0.3 is 9.88 Å². The van der Waals surface area contributed by atoms with E-state index in [1.807, 2.05) is 30.5 Å². The van der Waals surface area contributed by atoms with Crippen LogP contribution < -0.4 is 5.32 Å². The molecule has 2 aromatic rings. The van der Waals surface area contributed by atoms with Crippen molar-refractivity contribution in [3.63, 3.8) is 0 Å². The SMILES string of the molecule is Cn1ncc2c1CCCC2NCc1cncn1C1CC1. The molecule has 1 saturated carbocycles. The molecule has 1 unspecified atom stereocenters. The van der Waals surface area contributed by atoms with E-state index in [-0.39, 0.29) is 0 Å². The molecule has 20 heavy (non-hydrogen) atoms. The van der Waals surface area contributed by atoms with Crippen LogP contribution in [0.2, 0.25) is 0 Å². The largest absolute Gasteiger partial charge is 0.330 e. The Morgan fingerprint density at radius 1 is 1.30 bits per heavy atom. The van der Waals surface area contributed by atoms with Crippen molar-refractivity contribution in [2.24, 2.45) is 7.05 Å². The van der Waals surface area contributed by atoms with Crippen LogP contribution in [-0.4, -0.2) is 19.3 Å². The van der Waals surface area contributed by atoms with Gasteiger partial charge in [-0.05, 0) is 32.1 Å². The number of imidazole rings is 1. The Morgan fingerprint density at radius 2 is 2.20 bits per heavy atom. The molecule has 0 saturated heterocycles. The van der Waals surface area contributed by atoms with Gasteiger partial charge in [0.25, 0.3) is 0 Å². The number of rotatable bonds is 4. The van der Waals surface area contributed by atoms with Crippen LogP contribution in [0.5, 0.6) is 0 Å². The molecule has 2 aliphatic rings. The van der Waals surface area contributed by atoms with E-state index in [9.17, 15) is 0 Å². The van der Waals surface area contributed by atoms with Crippen molar-refractivity contribution in [1.29, 1.82) is 0 Å². The van der Waals surface area contributed by atoms with E-state index in [2.05, 4.69) is 20.0 Å². The van der Waals surface area contributed by atoms with Gasteiger partial charge in [-0.3, -0.25) is 4.68 Å². The summed E-state index contributed by atoms with van der Waals surface area (Å²) in [6.45, 7) is 0.898. The van der Waals surface area contributed by atoms with Gasteiger partial charge in [0.1, 0.15) is 0 Å². The Morgan fingerprint density at radius 3 is 3.05 bits per heavy atom. The predicted octanol–water partition coefficient (Wildman–Crippen LogP) is 2.12. The molecule has 2 aromatic heterocycles. The van der Waals surface area contributed by atoms with Crippen LogP contribution in [0.3, 0.4) is 0 Å². The summed E-state index contributed by atoms with van der Waals surface area (Å²) in [5, 5.41) is 8.11. The van der Waals surface area contributed by atoms with Crippen molar-refractivity contribution in [2.45, 2.75) is 50.7 Å². The molecule has 0 amide bonds. The quantitative estimate of drug-likeness (QED) is 0.926. The third kappa shape index (κ3) is 2.06. The van der Waals surface area contributed by atoms with E-state index in [1.54, 1.807) is 0 Å². The number of nitrogens with zero attached hydrogens (tertiary/aromatic N) is 4. The molecule has 0 spiro atoms. The van der Waals surface area contributed by atoms with Crippen LogP contribution in [0.1, 0.15) is 54.7 Å². The van der Waals surface area contributed by atoms with Crippen molar-refractivity contribution >= 4 is 0 Å². The van der Waals surface area contributed by atoms with Gasteiger partial charge >= 0.3 is 0 Å². The Labute approximate surface area is 119 Å². The zero-order chi connectivity index (χ0) is 13.5. The summed E-state index contributed by atoms with van der Waals surface area (Å²) in [5.41, 5.74) is 4.09. The topological polar surface area (TPSA) is 47.7 Å². The van der Waals surface area contributed by atoms with E-state index >= 15 is 0 Å². The maximum atomic E-state index is 4.41. The van der Waals surface area contributed by atoms with Crippen molar-refractivity contribution in [3.8, 4) is 0 Å². The highest BCUT2D eigenvalue weighted by molar-refractivity contribution is 5.24. The number of aryl methyl sites for hydroxylation is 1. The minimum absolute atomic E-state index is 0.440. The minimum Gasteiger partial charge on any atom is -0.330 e. The van der Waals surface area contributed by atoms with Gasteiger partial charge in [-0.1, -0.05) is 0 Å². The lowest BCUT2D eigenvalue weighted by Gasteiger charge is -2.24. The lowest BCUT2D eigenvalue weighted by Crippen LogP contribution is -2.25. The molecular formula is C15H21N5. The highest BCUT2D eigenvalue weighted by atomic mass is 15.3. The highest BCUT2D eigenvalue weighted by Gasteiger charge is 2.26. The molecule has 5 heteroatoms. The molecule has 106 valence electrons. The van der Waals surface area contributed by atoms with Crippen LogP contribution in [-0.2, 0) is 20.0 Å². The smallest absolute Gasteiger partial charge is 0.0951 e. The van der Waals surface area contributed by atoms with Crippen LogP contribution >= 0.6 is 0 Å². The fourth-order valence-electron chi connectivity index (χ4n) is 3.30. The van der Waals surface area contributed by atoms with E-state index in [4.69, 9.17) is 0 Å². The average Bonchev–Trinajstić information content (AvgIpc) is 3.09. The molecule has 1 fully saturated rings. The van der Waals surface area contributed by atoms with Gasteiger partial charge in [0.15, 0.2) is 0 Å². The number of aromatic nitrogens is 4. The Bertz CT molecular complexity index is 608. The van der Waals surface area contributed by atoms with Gasteiger partial charge in [-0.25, -0.2) is 4.98 Å². The predicted molar refractivity (Wildman–Crippen MR) is 76.2 cm³/mol. The van der Waals surface area contributed by atoms with Gasteiger partial charge in [-0.15, -0.1) is 0 Å². The molecule has 5 nitrogen and oxygen atoms in total. The van der Waals surface area contributed by atoms with Gasteiger partial charge in [0.05, 0.1) is 18.2 Å². The highest BCUT2D eigenvalue weighted by Crippen LogP contribution is 2.36. The third-order valence-corrected chi connectivity index (χ3v) is 4.59. The first-order chi connectivity index (χ1) is 9.83. The minimum atomic E-state index is 0.440. The first kappa shape index (κ1) is 12.1. The van der Waals surface area contributed by atoms with E-state index < -0.39 is 0 Å². The molecule has 4 rings (SSSR count). The van der Waals surface area contributed by atoms with Crippen molar-refractivity contribution < 1.29 is 0 Å². The standard InChI is InChI=1S/C15H21N5/c1-19-15-4-2-3-14(13(15)9-18-19)17-8-12-7-16-10-20(12)11-5-6-11/h7,9-11,14,17H,2-6,8H2,1H3. The van der Waals surface area contributed by atoms with Crippen LogP contribution in [0.25, 0.3) is 0 Å². The monoisotopic (exact) mass is 271 g/mol. The summed E-state index contributed by atoms with van der Waals surface area (Å²) < 4.78 is 4.36. The summed E-state index contributed by atoms with van der Waals surface area (Å²) in [7, 11) is 2.05. The van der Waals surface area contributed by atoms with E-state index in [1.165, 1.54) is 42.6 Å². The maximum Gasteiger partial charge on any atom is 0.0951 e. The van der Waals surface area contributed by atoms with Gasteiger partial charge in [-0.2, -0.15) is 5.10 Å². The van der Waals surface area contributed by atoms with Gasteiger partial charge in [0, 0.05) is 43.1 Å².